The van der Waals surface area contributed by atoms with Gasteiger partial charge >= 0.3 is 0 Å². The maximum atomic E-state index is 9.10. The summed E-state index contributed by atoms with van der Waals surface area (Å²) in [6.45, 7) is 2.42. The average molecular weight is 224 g/mol. The Morgan fingerprint density at radius 2 is 1.75 bits per heavy atom. The fraction of sp³-hybridized carbons (Fsp3) is 1.00. The van der Waals surface area contributed by atoms with E-state index < -0.39 is 6.29 Å². The molecule has 0 radical (unpaired) electrons. The summed E-state index contributed by atoms with van der Waals surface area (Å²) < 4.78 is 0. The van der Waals surface area contributed by atoms with Crippen molar-refractivity contribution in [2.24, 2.45) is 29.1 Å². The normalized spacial score (nSPS) is 50.2. The van der Waals surface area contributed by atoms with E-state index in [2.05, 4.69) is 6.92 Å². The summed E-state index contributed by atoms with van der Waals surface area (Å²) in [6, 6.07) is 0. The number of hydrogen-bond donors (Lipinski definition) is 2. The summed E-state index contributed by atoms with van der Waals surface area (Å²) in [5, 5.41) is 18.2. The van der Waals surface area contributed by atoms with Crippen LogP contribution in [0.1, 0.15) is 51.9 Å². The highest BCUT2D eigenvalue weighted by Crippen LogP contribution is 2.64. The molecule has 4 bridgehead atoms. The molecule has 4 aliphatic carbocycles. The summed E-state index contributed by atoms with van der Waals surface area (Å²) in [7, 11) is 0. The third kappa shape index (κ3) is 1.62. The van der Waals surface area contributed by atoms with E-state index in [0.717, 1.165) is 30.1 Å². The fourth-order valence-electron chi connectivity index (χ4n) is 5.31. The quantitative estimate of drug-likeness (QED) is 0.723. The van der Waals surface area contributed by atoms with E-state index in [1.165, 1.54) is 32.1 Å². The zero-order valence-electron chi connectivity index (χ0n) is 10.2. The van der Waals surface area contributed by atoms with Gasteiger partial charge in [0.15, 0.2) is 6.29 Å². The summed E-state index contributed by atoms with van der Waals surface area (Å²) in [5.41, 5.74) is 0.471. The maximum Gasteiger partial charge on any atom is 0.151 e. The van der Waals surface area contributed by atoms with Crippen molar-refractivity contribution < 1.29 is 10.2 Å². The molecule has 0 spiro atoms. The van der Waals surface area contributed by atoms with Crippen LogP contribution in [0.15, 0.2) is 0 Å². The van der Waals surface area contributed by atoms with Crippen molar-refractivity contribution in [2.45, 2.75) is 58.2 Å². The van der Waals surface area contributed by atoms with Gasteiger partial charge in [0.1, 0.15) is 0 Å². The van der Waals surface area contributed by atoms with E-state index in [4.69, 9.17) is 10.2 Å². The number of rotatable bonds is 3. The second-order valence-electron chi connectivity index (χ2n) is 6.78. The largest absolute Gasteiger partial charge is 0.368 e. The minimum absolute atomic E-state index is 0.471. The second-order valence-corrected chi connectivity index (χ2v) is 6.78. The molecule has 0 aliphatic heterocycles. The van der Waals surface area contributed by atoms with Gasteiger partial charge in [0.05, 0.1) is 0 Å². The fourth-order valence-corrected chi connectivity index (χ4v) is 5.31. The van der Waals surface area contributed by atoms with Crippen molar-refractivity contribution >= 4 is 0 Å². The highest BCUT2D eigenvalue weighted by molar-refractivity contribution is 5.04. The van der Waals surface area contributed by atoms with Gasteiger partial charge in [0, 0.05) is 0 Å². The third-order valence-electron chi connectivity index (χ3n) is 5.90. The van der Waals surface area contributed by atoms with Crippen LogP contribution in [0.2, 0.25) is 0 Å². The zero-order valence-corrected chi connectivity index (χ0v) is 10.2. The first kappa shape index (κ1) is 11.0. The molecule has 0 heterocycles. The molecular weight excluding hydrogens is 200 g/mol. The second kappa shape index (κ2) is 3.71. The van der Waals surface area contributed by atoms with Gasteiger partial charge in [0.2, 0.25) is 0 Å². The Bertz CT molecular complexity index is 260. The Morgan fingerprint density at radius 3 is 2.31 bits per heavy atom. The first-order valence-electron chi connectivity index (χ1n) is 6.95. The van der Waals surface area contributed by atoms with Crippen LogP contribution in [0.3, 0.4) is 0 Å². The molecule has 4 aliphatic rings. The van der Waals surface area contributed by atoms with Crippen molar-refractivity contribution in [1.82, 2.24) is 0 Å². The van der Waals surface area contributed by atoms with Crippen LogP contribution in [-0.4, -0.2) is 16.5 Å². The van der Waals surface area contributed by atoms with Gasteiger partial charge in [-0.25, -0.2) is 0 Å². The van der Waals surface area contributed by atoms with E-state index in [1.807, 2.05) is 0 Å². The summed E-state index contributed by atoms with van der Waals surface area (Å²) in [4.78, 5) is 0. The van der Waals surface area contributed by atoms with E-state index >= 15 is 0 Å². The molecule has 3 atom stereocenters. The summed E-state index contributed by atoms with van der Waals surface area (Å²) >= 11 is 0. The van der Waals surface area contributed by atoms with Crippen molar-refractivity contribution in [3.63, 3.8) is 0 Å². The molecule has 16 heavy (non-hydrogen) atoms. The smallest absolute Gasteiger partial charge is 0.151 e. The molecule has 0 aromatic heterocycles. The maximum absolute atomic E-state index is 9.10. The third-order valence-corrected chi connectivity index (χ3v) is 5.90. The van der Waals surface area contributed by atoms with Gasteiger partial charge in [-0.05, 0) is 74.0 Å². The van der Waals surface area contributed by atoms with Gasteiger partial charge in [0.25, 0.3) is 0 Å². The summed E-state index contributed by atoms with van der Waals surface area (Å²) in [6.07, 6.45) is 7.64. The molecule has 2 N–H and O–H groups in total. The van der Waals surface area contributed by atoms with Crippen LogP contribution in [0, 0.1) is 29.1 Å². The van der Waals surface area contributed by atoms with Crippen LogP contribution in [0.5, 0.6) is 0 Å². The van der Waals surface area contributed by atoms with E-state index in [1.54, 1.807) is 0 Å². The lowest BCUT2D eigenvalue weighted by atomic mass is 9.44. The van der Waals surface area contributed by atoms with Gasteiger partial charge in [-0.15, -0.1) is 0 Å². The minimum Gasteiger partial charge on any atom is -0.368 e. The van der Waals surface area contributed by atoms with Crippen LogP contribution in [0.4, 0.5) is 0 Å². The Morgan fingerprint density at radius 1 is 1.12 bits per heavy atom. The predicted octanol–water partition coefficient (Wildman–Crippen LogP) is 2.54. The van der Waals surface area contributed by atoms with E-state index in [0.29, 0.717) is 11.8 Å². The molecule has 0 aromatic rings. The van der Waals surface area contributed by atoms with Crippen molar-refractivity contribution in [2.75, 3.05) is 0 Å². The average Bonchev–Trinajstić information content (AvgIpc) is 2.22. The first-order chi connectivity index (χ1) is 7.59. The minimum atomic E-state index is -1.10. The first-order valence-corrected chi connectivity index (χ1v) is 6.95. The molecule has 4 fully saturated rings. The molecule has 4 saturated carbocycles. The Hall–Kier alpha value is -0.0800. The van der Waals surface area contributed by atoms with Crippen LogP contribution >= 0.6 is 0 Å². The molecule has 0 aromatic carbocycles. The van der Waals surface area contributed by atoms with Gasteiger partial charge in [-0.1, -0.05) is 6.92 Å². The van der Waals surface area contributed by atoms with Crippen LogP contribution < -0.4 is 0 Å². The van der Waals surface area contributed by atoms with Crippen molar-refractivity contribution in [3.8, 4) is 0 Å². The number of aliphatic hydroxyl groups is 2. The predicted molar refractivity (Wildman–Crippen MR) is 62.6 cm³/mol. The molecule has 2 heteroatoms. The molecule has 3 unspecified atom stereocenters. The lowest BCUT2D eigenvalue weighted by Crippen LogP contribution is -2.51. The topological polar surface area (TPSA) is 40.5 Å². The zero-order chi connectivity index (χ0) is 11.3. The van der Waals surface area contributed by atoms with Gasteiger partial charge in [-0.2, -0.15) is 0 Å². The molecule has 4 rings (SSSR count). The molecular formula is C14H24O2. The lowest BCUT2D eigenvalue weighted by Gasteiger charge is -2.61. The number of aliphatic hydroxyl groups excluding tert-OH is 1. The molecule has 0 saturated heterocycles. The Balaban J connectivity index is 1.77. The number of hydrogen-bond acceptors (Lipinski definition) is 2. The van der Waals surface area contributed by atoms with Gasteiger partial charge in [-0.3, -0.25) is 0 Å². The van der Waals surface area contributed by atoms with E-state index in [9.17, 15) is 0 Å². The van der Waals surface area contributed by atoms with Crippen LogP contribution in [0.25, 0.3) is 0 Å². The Kier molecular flexibility index (Phi) is 2.56. The van der Waals surface area contributed by atoms with Crippen molar-refractivity contribution in [3.05, 3.63) is 0 Å². The molecule has 2 nitrogen and oxygen atoms in total. The molecule has 92 valence electrons. The highest BCUT2D eigenvalue weighted by atomic mass is 16.5. The van der Waals surface area contributed by atoms with Crippen LogP contribution in [-0.2, 0) is 0 Å². The van der Waals surface area contributed by atoms with Crippen molar-refractivity contribution in [1.29, 1.82) is 0 Å². The standard InChI is InChI=1S/C14H24O2/c1-9-12-5-10-4-11(6-12)8-14(9,7-10)3-2-13(15)16/h9-13,15-16H,2-8H2,1H3. The Labute approximate surface area is 98.1 Å². The monoisotopic (exact) mass is 224 g/mol. The molecule has 0 amide bonds. The summed E-state index contributed by atoms with van der Waals surface area (Å²) in [5.74, 6) is 3.69. The highest BCUT2D eigenvalue weighted by Gasteiger charge is 2.54. The van der Waals surface area contributed by atoms with E-state index in [-0.39, 0.29) is 0 Å². The lowest BCUT2D eigenvalue weighted by molar-refractivity contribution is -0.123. The SMILES string of the molecule is CC1C2CC3CC(C2)CC1(CCC(O)O)C3. The van der Waals surface area contributed by atoms with Gasteiger partial charge < -0.3 is 10.2 Å².